The molecular weight excluding hydrogens is 318 g/mol. The summed E-state index contributed by atoms with van der Waals surface area (Å²) in [5.74, 6) is 0.943. The molecular formula is C12H13BrClN3O. The van der Waals surface area contributed by atoms with Gasteiger partial charge in [-0.1, -0.05) is 23.7 Å². The van der Waals surface area contributed by atoms with Crippen LogP contribution in [0.1, 0.15) is 26.2 Å². The number of halogens is 2. The van der Waals surface area contributed by atoms with Crippen molar-refractivity contribution in [2.24, 2.45) is 5.73 Å². The molecule has 18 heavy (non-hydrogen) atoms. The van der Waals surface area contributed by atoms with Crippen molar-refractivity contribution in [2.45, 2.75) is 25.8 Å². The molecule has 1 aromatic heterocycles. The Labute approximate surface area is 119 Å². The highest BCUT2D eigenvalue weighted by Crippen LogP contribution is 2.28. The fourth-order valence-corrected chi connectivity index (χ4v) is 1.86. The summed E-state index contributed by atoms with van der Waals surface area (Å²) < 4.78 is 6.00. The van der Waals surface area contributed by atoms with Gasteiger partial charge in [-0.05, 0) is 47.5 Å². The van der Waals surface area contributed by atoms with Gasteiger partial charge in [0.05, 0.1) is 10.6 Å². The van der Waals surface area contributed by atoms with Gasteiger partial charge in [-0.15, -0.1) is 0 Å². The van der Waals surface area contributed by atoms with E-state index < -0.39 is 5.54 Å². The molecule has 2 N–H and O–H groups in total. The zero-order valence-corrected chi connectivity index (χ0v) is 12.4. The molecule has 1 heterocycles. The lowest BCUT2D eigenvalue weighted by molar-refractivity contribution is 0.291. The molecule has 0 saturated heterocycles. The van der Waals surface area contributed by atoms with E-state index in [1.165, 1.54) is 0 Å². The van der Waals surface area contributed by atoms with Gasteiger partial charge in [-0.2, -0.15) is 4.98 Å². The van der Waals surface area contributed by atoms with Crippen LogP contribution in [0.25, 0.3) is 11.4 Å². The van der Waals surface area contributed by atoms with Gasteiger partial charge in [-0.3, -0.25) is 0 Å². The quantitative estimate of drug-likeness (QED) is 0.931. The Hall–Kier alpha value is -0.910. The maximum atomic E-state index is 6.06. The number of benzene rings is 1. The number of aromatic nitrogens is 2. The van der Waals surface area contributed by atoms with Crippen molar-refractivity contribution in [3.05, 3.63) is 33.6 Å². The van der Waals surface area contributed by atoms with Gasteiger partial charge in [0.15, 0.2) is 0 Å². The molecule has 2 aromatic rings. The van der Waals surface area contributed by atoms with Crippen LogP contribution in [-0.4, -0.2) is 10.1 Å². The predicted molar refractivity (Wildman–Crippen MR) is 74.3 cm³/mol. The summed E-state index contributed by atoms with van der Waals surface area (Å²) in [4.78, 5) is 4.33. The molecule has 2 rings (SSSR count). The van der Waals surface area contributed by atoms with Crippen molar-refractivity contribution in [1.82, 2.24) is 10.1 Å². The second kappa shape index (κ2) is 4.99. The molecule has 0 aliphatic rings. The minimum atomic E-state index is -0.602. The van der Waals surface area contributed by atoms with Gasteiger partial charge in [-0.25, -0.2) is 0 Å². The summed E-state index contributed by atoms with van der Waals surface area (Å²) in [5.41, 5.74) is 6.28. The number of hydrogen-bond acceptors (Lipinski definition) is 4. The molecule has 6 heteroatoms. The SMILES string of the molecule is CCC(C)(N)c1nc(-c2ccc(Cl)c(Br)c2)no1. The van der Waals surface area contributed by atoms with Crippen LogP contribution in [-0.2, 0) is 5.54 Å². The third-order valence-electron chi connectivity index (χ3n) is 2.83. The van der Waals surface area contributed by atoms with Crippen molar-refractivity contribution in [3.8, 4) is 11.4 Å². The molecule has 0 bridgehead atoms. The summed E-state index contributed by atoms with van der Waals surface area (Å²) in [5, 5.41) is 4.58. The van der Waals surface area contributed by atoms with Crippen LogP contribution in [0.5, 0.6) is 0 Å². The van der Waals surface area contributed by atoms with Crippen LogP contribution < -0.4 is 5.73 Å². The third kappa shape index (κ3) is 2.58. The standard InChI is InChI=1S/C12H13BrClN3O/c1-3-12(2,15)11-16-10(17-18-11)7-4-5-9(14)8(13)6-7/h4-6H,3,15H2,1-2H3. The molecule has 1 atom stereocenters. The smallest absolute Gasteiger partial charge is 0.246 e. The van der Waals surface area contributed by atoms with Crippen molar-refractivity contribution in [1.29, 1.82) is 0 Å². The molecule has 1 aromatic carbocycles. The Bertz CT molecular complexity index is 568. The van der Waals surface area contributed by atoms with Crippen LogP contribution in [0.3, 0.4) is 0 Å². The van der Waals surface area contributed by atoms with Crippen LogP contribution >= 0.6 is 27.5 Å². The van der Waals surface area contributed by atoms with Crippen molar-refractivity contribution < 1.29 is 4.52 Å². The molecule has 1 unspecified atom stereocenters. The Balaban J connectivity index is 2.38. The maximum Gasteiger partial charge on any atom is 0.246 e. The fraction of sp³-hybridized carbons (Fsp3) is 0.333. The molecule has 0 amide bonds. The normalized spacial score (nSPS) is 14.5. The first-order chi connectivity index (χ1) is 8.44. The van der Waals surface area contributed by atoms with E-state index in [1.807, 2.05) is 26.0 Å². The summed E-state index contributed by atoms with van der Waals surface area (Å²) in [7, 11) is 0. The largest absolute Gasteiger partial charge is 0.337 e. The monoisotopic (exact) mass is 329 g/mol. The average molecular weight is 331 g/mol. The van der Waals surface area contributed by atoms with E-state index in [0.29, 0.717) is 16.7 Å². The lowest BCUT2D eigenvalue weighted by Gasteiger charge is -2.16. The molecule has 0 radical (unpaired) electrons. The summed E-state index contributed by atoms with van der Waals surface area (Å²) in [6.07, 6.45) is 0.721. The Morgan fingerprint density at radius 2 is 2.22 bits per heavy atom. The van der Waals surface area contributed by atoms with Gasteiger partial charge in [0, 0.05) is 10.0 Å². The molecule has 0 aliphatic carbocycles. The second-order valence-corrected chi connectivity index (χ2v) is 5.58. The Morgan fingerprint density at radius 3 is 2.83 bits per heavy atom. The number of nitrogens with zero attached hydrogens (tertiary/aromatic N) is 2. The topological polar surface area (TPSA) is 64.9 Å². The molecule has 96 valence electrons. The van der Waals surface area contributed by atoms with Crippen LogP contribution in [0.2, 0.25) is 5.02 Å². The minimum absolute atomic E-state index is 0.436. The predicted octanol–water partition coefficient (Wildman–Crippen LogP) is 3.74. The van der Waals surface area contributed by atoms with Gasteiger partial charge in [0.25, 0.3) is 0 Å². The zero-order valence-electron chi connectivity index (χ0n) is 10.1. The minimum Gasteiger partial charge on any atom is -0.337 e. The van der Waals surface area contributed by atoms with E-state index in [4.69, 9.17) is 21.9 Å². The first-order valence-corrected chi connectivity index (χ1v) is 6.69. The van der Waals surface area contributed by atoms with Gasteiger partial charge in [0.2, 0.25) is 11.7 Å². The Kier molecular flexibility index (Phi) is 3.75. The van der Waals surface area contributed by atoms with Crippen molar-refractivity contribution in [2.75, 3.05) is 0 Å². The van der Waals surface area contributed by atoms with Gasteiger partial charge in [0.1, 0.15) is 0 Å². The molecule has 0 aliphatic heterocycles. The van der Waals surface area contributed by atoms with Crippen molar-refractivity contribution >= 4 is 27.5 Å². The van der Waals surface area contributed by atoms with E-state index >= 15 is 0 Å². The fourth-order valence-electron chi connectivity index (χ4n) is 1.36. The lowest BCUT2D eigenvalue weighted by Crippen LogP contribution is -2.32. The summed E-state index contributed by atoms with van der Waals surface area (Å²) >= 11 is 9.30. The molecule has 4 nitrogen and oxygen atoms in total. The molecule has 0 fully saturated rings. The highest BCUT2D eigenvalue weighted by Gasteiger charge is 2.26. The second-order valence-electron chi connectivity index (χ2n) is 4.32. The molecule has 0 spiro atoms. The van der Waals surface area contributed by atoms with E-state index in [9.17, 15) is 0 Å². The lowest BCUT2D eigenvalue weighted by atomic mass is 10.0. The molecule has 0 saturated carbocycles. The van der Waals surface area contributed by atoms with Gasteiger partial charge < -0.3 is 10.3 Å². The van der Waals surface area contributed by atoms with E-state index in [0.717, 1.165) is 16.5 Å². The summed E-state index contributed by atoms with van der Waals surface area (Å²) in [6.45, 7) is 3.84. The maximum absolute atomic E-state index is 6.06. The highest BCUT2D eigenvalue weighted by molar-refractivity contribution is 9.10. The summed E-state index contributed by atoms with van der Waals surface area (Å²) in [6, 6.07) is 5.46. The average Bonchev–Trinajstić information content (AvgIpc) is 2.83. The van der Waals surface area contributed by atoms with E-state index in [-0.39, 0.29) is 0 Å². The van der Waals surface area contributed by atoms with Crippen LogP contribution in [0.4, 0.5) is 0 Å². The third-order valence-corrected chi connectivity index (χ3v) is 4.04. The number of rotatable bonds is 3. The van der Waals surface area contributed by atoms with Crippen molar-refractivity contribution in [3.63, 3.8) is 0 Å². The first-order valence-electron chi connectivity index (χ1n) is 5.52. The number of hydrogen-bond donors (Lipinski definition) is 1. The highest BCUT2D eigenvalue weighted by atomic mass is 79.9. The van der Waals surface area contributed by atoms with E-state index in [2.05, 4.69) is 26.1 Å². The zero-order chi connectivity index (χ0) is 13.3. The first kappa shape index (κ1) is 13.5. The van der Waals surface area contributed by atoms with Crippen LogP contribution in [0.15, 0.2) is 27.2 Å². The Morgan fingerprint density at radius 1 is 1.50 bits per heavy atom. The van der Waals surface area contributed by atoms with E-state index in [1.54, 1.807) is 6.07 Å². The van der Waals surface area contributed by atoms with Gasteiger partial charge >= 0.3 is 0 Å². The number of nitrogens with two attached hydrogens (primary N) is 1. The van der Waals surface area contributed by atoms with Crippen LogP contribution in [0, 0.1) is 0 Å².